The fraction of sp³-hybridized carbons (Fsp3) is 0.250. The van der Waals surface area contributed by atoms with Crippen molar-refractivity contribution >= 4 is 27.8 Å². The highest BCUT2D eigenvalue weighted by molar-refractivity contribution is 9.10. The Balaban J connectivity index is 2.15. The van der Waals surface area contributed by atoms with E-state index < -0.39 is 0 Å². The molecule has 116 valence electrons. The van der Waals surface area contributed by atoms with E-state index in [2.05, 4.69) is 20.7 Å². The summed E-state index contributed by atoms with van der Waals surface area (Å²) in [4.78, 5) is 25.5. The molecule has 0 radical (unpaired) electrons. The van der Waals surface area contributed by atoms with E-state index in [1.165, 1.54) is 7.11 Å². The monoisotopic (exact) mass is 365 g/mol. The van der Waals surface area contributed by atoms with Gasteiger partial charge in [-0.1, -0.05) is 22.0 Å². The van der Waals surface area contributed by atoms with Crippen LogP contribution >= 0.6 is 15.9 Å². The number of rotatable bonds is 6. The van der Waals surface area contributed by atoms with Crippen molar-refractivity contribution in [2.24, 2.45) is 0 Å². The molecule has 1 aromatic heterocycles. The minimum absolute atomic E-state index is 0.136. The van der Waals surface area contributed by atoms with Gasteiger partial charge < -0.3 is 14.1 Å². The quantitative estimate of drug-likeness (QED) is 0.737. The molecule has 0 saturated heterocycles. The molecule has 0 aliphatic carbocycles. The second kappa shape index (κ2) is 7.79. The van der Waals surface area contributed by atoms with Gasteiger partial charge in [-0.15, -0.1) is 0 Å². The third-order valence-corrected chi connectivity index (χ3v) is 3.59. The minimum Gasteiger partial charge on any atom is -0.469 e. The third-order valence-electron chi connectivity index (χ3n) is 3.10. The van der Waals surface area contributed by atoms with Gasteiger partial charge in [-0.2, -0.15) is 0 Å². The number of hydrogen-bond donors (Lipinski definition) is 0. The van der Waals surface area contributed by atoms with Crippen LogP contribution in [0.3, 0.4) is 0 Å². The van der Waals surface area contributed by atoms with Gasteiger partial charge in [0.15, 0.2) is 0 Å². The van der Waals surface area contributed by atoms with Crippen LogP contribution in [0.2, 0.25) is 0 Å². The van der Waals surface area contributed by atoms with Crippen LogP contribution < -0.4 is 0 Å². The number of benzene rings is 1. The van der Waals surface area contributed by atoms with Crippen molar-refractivity contribution in [2.75, 3.05) is 13.7 Å². The van der Waals surface area contributed by atoms with Gasteiger partial charge in [0.2, 0.25) is 0 Å². The number of carbonyl (C=O) groups is 2. The first-order valence-electron chi connectivity index (χ1n) is 6.74. The molecule has 1 heterocycles. The summed E-state index contributed by atoms with van der Waals surface area (Å²) in [6.07, 6.45) is 1.69. The van der Waals surface area contributed by atoms with Gasteiger partial charge in [0, 0.05) is 16.6 Å². The Morgan fingerprint density at radius 2 is 2.09 bits per heavy atom. The number of amides is 1. The molecule has 0 unspecified atom stereocenters. The molecular formula is C16H16BrNO4. The molecule has 0 aliphatic rings. The van der Waals surface area contributed by atoms with Crippen molar-refractivity contribution in [3.05, 3.63) is 58.5 Å². The maximum atomic E-state index is 12.6. The molecule has 1 amide bonds. The van der Waals surface area contributed by atoms with Crippen LogP contribution in [0.1, 0.15) is 22.5 Å². The van der Waals surface area contributed by atoms with Crippen LogP contribution in [-0.2, 0) is 16.1 Å². The van der Waals surface area contributed by atoms with Crippen molar-refractivity contribution < 1.29 is 18.7 Å². The highest BCUT2D eigenvalue weighted by Crippen LogP contribution is 2.16. The third kappa shape index (κ3) is 4.46. The lowest BCUT2D eigenvalue weighted by Gasteiger charge is -2.21. The first kappa shape index (κ1) is 16.3. The van der Waals surface area contributed by atoms with E-state index in [-0.39, 0.29) is 24.8 Å². The van der Waals surface area contributed by atoms with Gasteiger partial charge in [-0.25, -0.2) is 0 Å². The summed E-state index contributed by atoms with van der Waals surface area (Å²) in [6.45, 7) is 0.564. The van der Waals surface area contributed by atoms with Gasteiger partial charge >= 0.3 is 5.97 Å². The maximum absolute atomic E-state index is 12.6. The first-order chi connectivity index (χ1) is 10.6. The fourth-order valence-electron chi connectivity index (χ4n) is 1.98. The Kier molecular flexibility index (Phi) is 5.77. The van der Waals surface area contributed by atoms with Crippen LogP contribution in [-0.4, -0.2) is 30.4 Å². The maximum Gasteiger partial charge on any atom is 0.307 e. The van der Waals surface area contributed by atoms with Crippen LogP contribution in [0.5, 0.6) is 0 Å². The Morgan fingerprint density at radius 1 is 1.27 bits per heavy atom. The van der Waals surface area contributed by atoms with Gasteiger partial charge in [-0.05, 0) is 30.3 Å². The van der Waals surface area contributed by atoms with E-state index in [4.69, 9.17) is 4.42 Å². The van der Waals surface area contributed by atoms with Gasteiger partial charge in [0.25, 0.3) is 5.91 Å². The zero-order chi connectivity index (χ0) is 15.9. The van der Waals surface area contributed by atoms with Crippen LogP contribution in [0.15, 0.2) is 51.6 Å². The molecule has 0 bridgehead atoms. The molecule has 0 spiro atoms. The smallest absolute Gasteiger partial charge is 0.307 e. The Morgan fingerprint density at radius 3 is 2.73 bits per heavy atom. The molecule has 6 heteroatoms. The predicted octanol–water partition coefficient (Wildman–Crippen LogP) is 3.25. The van der Waals surface area contributed by atoms with Crippen LogP contribution in [0, 0.1) is 0 Å². The van der Waals surface area contributed by atoms with E-state index in [0.717, 1.165) is 4.47 Å². The number of methoxy groups -OCH3 is 1. The van der Waals surface area contributed by atoms with Crippen molar-refractivity contribution in [1.29, 1.82) is 0 Å². The minimum atomic E-state index is -0.355. The zero-order valence-electron chi connectivity index (χ0n) is 12.1. The van der Waals surface area contributed by atoms with E-state index in [9.17, 15) is 9.59 Å². The first-order valence-corrected chi connectivity index (χ1v) is 7.53. The summed E-state index contributed by atoms with van der Waals surface area (Å²) < 4.78 is 10.7. The SMILES string of the molecule is COC(=O)CCN(Cc1ccco1)C(=O)c1cccc(Br)c1. The number of furan rings is 1. The summed E-state index contributed by atoms with van der Waals surface area (Å²) in [7, 11) is 1.33. The number of esters is 1. The highest BCUT2D eigenvalue weighted by atomic mass is 79.9. The average Bonchev–Trinajstić information content (AvgIpc) is 3.03. The molecule has 2 rings (SSSR count). The summed E-state index contributed by atoms with van der Waals surface area (Å²) in [5.74, 6) is 0.140. The lowest BCUT2D eigenvalue weighted by Crippen LogP contribution is -2.32. The lowest BCUT2D eigenvalue weighted by atomic mass is 10.2. The van der Waals surface area contributed by atoms with Crippen molar-refractivity contribution in [2.45, 2.75) is 13.0 Å². The van der Waals surface area contributed by atoms with E-state index >= 15 is 0 Å². The summed E-state index contributed by atoms with van der Waals surface area (Å²) in [5.41, 5.74) is 0.547. The number of ether oxygens (including phenoxy) is 1. The molecule has 5 nitrogen and oxygen atoms in total. The Hall–Kier alpha value is -2.08. The largest absolute Gasteiger partial charge is 0.469 e. The van der Waals surface area contributed by atoms with Gasteiger partial charge in [0.1, 0.15) is 5.76 Å². The average molecular weight is 366 g/mol. The normalized spacial score (nSPS) is 10.3. The number of hydrogen-bond acceptors (Lipinski definition) is 4. The lowest BCUT2D eigenvalue weighted by molar-refractivity contribution is -0.140. The van der Waals surface area contributed by atoms with Crippen LogP contribution in [0.4, 0.5) is 0 Å². The topological polar surface area (TPSA) is 59.8 Å². The Labute approximate surface area is 137 Å². The van der Waals surface area contributed by atoms with Crippen molar-refractivity contribution in [3.63, 3.8) is 0 Å². The fourth-order valence-corrected chi connectivity index (χ4v) is 2.37. The second-order valence-corrected chi connectivity index (χ2v) is 5.56. The molecule has 0 N–H and O–H groups in total. The van der Waals surface area contributed by atoms with Crippen molar-refractivity contribution in [3.8, 4) is 0 Å². The number of nitrogens with zero attached hydrogens (tertiary/aromatic N) is 1. The molecule has 0 atom stereocenters. The number of carbonyl (C=O) groups excluding carboxylic acids is 2. The molecule has 22 heavy (non-hydrogen) atoms. The second-order valence-electron chi connectivity index (χ2n) is 4.64. The summed E-state index contributed by atoms with van der Waals surface area (Å²) in [6, 6.07) is 10.7. The van der Waals surface area contributed by atoms with E-state index in [0.29, 0.717) is 17.9 Å². The molecule has 0 saturated carbocycles. The van der Waals surface area contributed by atoms with E-state index in [1.807, 2.05) is 6.07 Å². The number of halogens is 1. The van der Waals surface area contributed by atoms with Crippen LogP contribution in [0.25, 0.3) is 0 Å². The summed E-state index contributed by atoms with van der Waals surface area (Å²) >= 11 is 3.35. The Bertz CT molecular complexity index is 639. The predicted molar refractivity (Wildman–Crippen MR) is 84.2 cm³/mol. The van der Waals surface area contributed by atoms with E-state index in [1.54, 1.807) is 41.5 Å². The van der Waals surface area contributed by atoms with Gasteiger partial charge in [-0.3, -0.25) is 9.59 Å². The van der Waals surface area contributed by atoms with Crippen molar-refractivity contribution in [1.82, 2.24) is 4.90 Å². The zero-order valence-corrected chi connectivity index (χ0v) is 13.7. The molecule has 1 aromatic carbocycles. The molecule has 0 aliphatic heterocycles. The molecule has 2 aromatic rings. The summed E-state index contributed by atoms with van der Waals surface area (Å²) in [5, 5.41) is 0. The highest BCUT2D eigenvalue weighted by Gasteiger charge is 2.18. The molecule has 0 fully saturated rings. The molecular weight excluding hydrogens is 350 g/mol. The standard InChI is InChI=1S/C16H16BrNO4/c1-21-15(19)7-8-18(11-14-6-3-9-22-14)16(20)12-4-2-5-13(17)10-12/h2-6,9-10H,7-8,11H2,1H3. The van der Waals surface area contributed by atoms with Gasteiger partial charge in [0.05, 0.1) is 26.3 Å².